The van der Waals surface area contributed by atoms with Gasteiger partial charge in [-0.05, 0) is 41.8 Å². The number of methoxy groups -OCH3 is 2. The first kappa shape index (κ1) is 22.8. The van der Waals surface area contributed by atoms with Gasteiger partial charge in [-0.25, -0.2) is 9.78 Å². The van der Waals surface area contributed by atoms with E-state index < -0.39 is 18.5 Å². The lowest BCUT2D eigenvalue weighted by Gasteiger charge is -2.12. The van der Waals surface area contributed by atoms with E-state index in [1.807, 2.05) is 18.2 Å². The zero-order valence-electron chi connectivity index (χ0n) is 18.3. The van der Waals surface area contributed by atoms with Crippen LogP contribution in [0.1, 0.15) is 15.9 Å². The van der Waals surface area contributed by atoms with Crippen molar-refractivity contribution in [2.45, 2.75) is 0 Å². The van der Waals surface area contributed by atoms with E-state index in [4.69, 9.17) is 19.5 Å². The minimum Gasteiger partial charge on any atom is -0.493 e. The third kappa shape index (κ3) is 4.67. The highest BCUT2D eigenvalue weighted by molar-refractivity contribution is 7.14. The summed E-state index contributed by atoms with van der Waals surface area (Å²) in [5, 5.41) is 14.4. The summed E-state index contributed by atoms with van der Waals surface area (Å²) in [6.07, 6.45) is 0. The fraction of sp³-hybridized carbons (Fsp3) is 0.120. The Hall–Kier alpha value is -4.42. The number of anilines is 1. The monoisotopic (exact) mass is 473 g/mol. The zero-order chi connectivity index (χ0) is 24.1. The molecule has 0 bridgehead atoms. The Bertz CT molecular complexity index is 1420. The number of thiophene rings is 1. The van der Waals surface area contributed by atoms with Crippen LogP contribution in [0.3, 0.4) is 0 Å². The first-order valence-electron chi connectivity index (χ1n) is 10.1. The molecule has 1 N–H and O–H groups in total. The van der Waals surface area contributed by atoms with Gasteiger partial charge in [-0.3, -0.25) is 4.79 Å². The van der Waals surface area contributed by atoms with Crippen LogP contribution < -0.4 is 14.8 Å². The van der Waals surface area contributed by atoms with Crippen molar-refractivity contribution in [1.82, 2.24) is 4.98 Å². The lowest BCUT2D eigenvalue weighted by molar-refractivity contribution is -0.119. The normalized spacial score (nSPS) is 10.4. The van der Waals surface area contributed by atoms with Crippen molar-refractivity contribution < 1.29 is 23.8 Å². The summed E-state index contributed by atoms with van der Waals surface area (Å²) in [6.45, 7) is -0.496. The molecule has 0 spiro atoms. The van der Waals surface area contributed by atoms with Gasteiger partial charge in [0.2, 0.25) is 0 Å². The van der Waals surface area contributed by atoms with Crippen LogP contribution in [-0.2, 0) is 9.53 Å². The molecule has 0 saturated heterocycles. The van der Waals surface area contributed by atoms with Crippen LogP contribution in [0.25, 0.3) is 22.2 Å². The number of ether oxygens (including phenoxy) is 3. The Labute approximate surface area is 199 Å². The number of hydrogen-bond donors (Lipinski definition) is 1. The lowest BCUT2D eigenvalue weighted by atomic mass is 10.0. The molecule has 0 atom stereocenters. The molecule has 34 heavy (non-hydrogen) atoms. The number of nitrogens with zero attached hydrogens (tertiary/aromatic N) is 2. The number of nitrogens with one attached hydrogen (secondary N) is 1. The fourth-order valence-corrected chi connectivity index (χ4v) is 4.11. The number of nitriles is 1. The molecule has 0 saturated carbocycles. The van der Waals surface area contributed by atoms with Gasteiger partial charge in [-0.15, -0.1) is 11.3 Å². The molecule has 4 aromatic rings. The second kappa shape index (κ2) is 10.0. The molecule has 0 aliphatic carbocycles. The highest BCUT2D eigenvalue weighted by Gasteiger charge is 2.18. The van der Waals surface area contributed by atoms with E-state index in [-0.39, 0.29) is 5.56 Å². The van der Waals surface area contributed by atoms with Crippen molar-refractivity contribution in [2.24, 2.45) is 0 Å². The summed E-state index contributed by atoms with van der Waals surface area (Å²) < 4.78 is 16.0. The number of para-hydroxylation sites is 1. The smallest absolute Gasteiger partial charge is 0.339 e. The molecule has 0 aliphatic rings. The van der Waals surface area contributed by atoms with Gasteiger partial charge in [-0.1, -0.05) is 18.2 Å². The minimum absolute atomic E-state index is 0.275. The Balaban J connectivity index is 1.61. The average Bonchev–Trinajstić information content (AvgIpc) is 3.33. The van der Waals surface area contributed by atoms with Crippen LogP contribution in [0.5, 0.6) is 11.5 Å². The van der Waals surface area contributed by atoms with Gasteiger partial charge in [0.1, 0.15) is 11.1 Å². The molecular formula is C25H19N3O5S. The summed E-state index contributed by atoms with van der Waals surface area (Å²) in [5.74, 6) is -0.100. The summed E-state index contributed by atoms with van der Waals surface area (Å²) >= 11 is 1.22. The predicted molar refractivity (Wildman–Crippen MR) is 128 cm³/mol. The van der Waals surface area contributed by atoms with Crippen molar-refractivity contribution in [3.63, 3.8) is 0 Å². The molecule has 2 aromatic carbocycles. The molecule has 0 radical (unpaired) electrons. The van der Waals surface area contributed by atoms with E-state index in [2.05, 4.69) is 10.3 Å². The maximum absolute atomic E-state index is 13.0. The van der Waals surface area contributed by atoms with Crippen molar-refractivity contribution >= 4 is 39.1 Å². The van der Waals surface area contributed by atoms with E-state index in [0.717, 1.165) is 5.56 Å². The number of aromatic nitrogens is 1. The zero-order valence-corrected chi connectivity index (χ0v) is 19.1. The number of benzene rings is 2. The van der Waals surface area contributed by atoms with Gasteiger partial charge < -0.3 is 19.5 Å². The topological polar surface area (TPSA) is 111 Å². The van der Waals surface area contributed by atoms with E-state index in [0.29, 0.717) is 38.7 Å². The largest absolute Gasteiger partial charge is 0.493 e. The van der Waals surface area contributed by atoms with Crippen LogP contribution in [0.2, 0.25) is 0 Å². The molecule has 2 heterocycles. The van der Waals surface area contributed by atoms with Crippen molar-refractivity contribution in [1.29, 1.82) is 5.26 Å². The quantitative estimate of drug-likeness (QED) is 0.389. The third-order valence-electron chi connectivity index (χ3n) is 4.99. The second-order valence-electron chi connectivity index (χ2n) is 7.04. The van der Waals surface area contributed by atoms with Crippen LogP contribution in [-0.4, -0.2) is 37.7 Å². The van der Waals surface area contributed by atoms with Crippen LogP contribution >= 0.6 is 11.3 Å². The summed E-state index contributed by atoms with van der Waals surface area (Å²) in [6, 6.07) is 17.7. The van der Waals surface area contributed by atoms with E-state index in [9.17, 15) is 9.59 Å². The van der Waals surface area contributed by atoms with Crippen LogP contribution in [0.15, 0.2) is 60.0 Å². The first-order valence-corrected chi connectivity index (χ1v) is 11.0. The lowest BCUT2D eigenvalue weighted by Crippen LogP contribution is -2.21. The van der Waals surface area contributed by atoms with Crippen molar-refractivity contribution in [3.05, 3.63) is 71.1 Å². The van der Waals surface area contributed by atoms with E-state index >= 15 is 0 Å². The average molecular weight is 474 g/mol. The number of rotatable bonds is 7. The minimum atomic E-state index is -0.665. The Morgan fingerprint density at radius 1 is 1.06 bits per heavy atom. The molecule has 2 aromatic heterocycles. The van der Waals surface area contributed by atoms with Crippen molar-refractivity contribution in [2.75, 3.05) is 26.1 Å². The molecule has 0 unspecified atom stereocenters. The number of carbonyl (C=O) groups is 2. The van der Waals surface area contributed by atoms with Crippen LogP contribution in [0.4, 0.5) is 5.00 Å². The van der Waals surface area contributed by atoms with E-state index in [1.165, 1.54) is 11.3 Å². The predicted octanol–water partition coefficient (Wildman–Crippen LogP) is 4.65. The molecular weight excluding hydrogens is 454 g/mol. The number of pyridine rings is 1. The SMILES string of the molecule is COc1ccc(-c2cc(C(=O)OCC(=O)Nc3sccc3C#N)c3ccccc3n2)cc1OC. The highest BCUT2D eigenvalue weighted by Crippen LogP contribution is 2.33. The third-order valence-corrected chi connectivity index (χ3v) is 5.82. The number of hydrogen-bond acceptors (Lipinski definition) is 8. The van der Waals surface area contributed by atoms with Gasteiger partial charge in [-0.2, -0.15) is 5.26 Å². The maximum Gasteiger partial charge on any atom is 0.339 e. The number of carbonyl (C=O) groups excluding carboxylic acids is 2. The molecule has 4 rings (SSSR count). The van der Waals surface area contributed by atoms with E-state index in [1.54, 1.807) is 62.1 Å². The molecule has 1 amide bonds. The summed E-state index contributed by atoms with van der Waals surface area (Å²) in [4.78, 5) is 29.9. The first-order chi connectivity index (χ1) is 16.5. The maximum atomic E-state index is 13.0. The summed E-state index contributed by atoms with van der Waals surface area (Å²) in [7, 11) is 3.09. The molecule has 0 aliphatic heterocycles. The Morgan fingerprint density at radius 3 is 2.62 bits per heavy atom. The summed E-state index contributed by atoms with van der Waals surface area (Å²) in [5.41, 5.74) is 2.48. The second-order valence-corrected chi connectivity index (χ2v) is 7.96. The van der Waals surface area contributed by atoms with Gasteiger partial charge in [0.15, 0.2) is 18.1 Å². The number of fused-ring (bicyclic) bond motifs is 1. The Morgan fingerprint density at radius 2 is 1.85 bits per heavy atom. The molecule has 0 fully saturated rings. The molecule has 170 valence electrons. The number of esters is 1. The van der Waals surface area contributed by atoms with Gasteiger partial charge in [0, 0.05) is 10.9 Å². The van der Waals surface area contributed by atoms with Crippen LogP contribution in [0, 0.1) is 11.3 Å². The molecule has 9 heteroatoms. The highest BCUT2D eigenvalue weighted by atomic mass is 32.1. The molecule has 8 nitrogen and oxygen atoms in total. The van der Waals surface area contributed by atoms with Gasteiger partial charge >= 0.3 is 5.97 Å². The number of amides is 1. The van der Waals surface area contributed by atoms with Crippen molar-refractivity contribution in [3.8, 4) is 28.8 Å². The fourth-order valence-electron chi connectivity index (χ4n) is 3.35. The van der Waals surface area contributed by atoms with Gasteiger partial charge in [0.05, 0.1) is 36.6 Å². The standard InChI is InChI=1S/C25H19N3O5S/c1-31-21-8-7-15(11-22(21)32-2)20-12-18(17-5-3-4-6-19(17)27-20)25(30)33-14-23(29)28-24-16(13-26)9-10-34-24/h3-12H,14H2,1-2H3,(H,28,29). The van der Waals surface area contributed by atoms with Gasteiger partial charge in [0.25, 0.3) is 5.91 Å². The Kier molecular flexibility index (Phi) is 6.71.